The number of nitrogens with one attached hydrogen (secondary N) is 1. The topological polar surface area (TPSA) is 49.3 Å². The first kappa shape index (κ1) is 11.9. The maximum absolute atomic E-state index is 11.2. The Morgan fingerprint density at radius 2 is 2.21 bits per heavy atom. The first-order chi connectivity index (χ1) is 6.83. The Morgan fingerprint density at radius 1 is 1.43 bits per heavy atom. The molecule has 0 radical (unpaired) electrons. The molecular formula is C10H19NO2S. The molecule has 0 aromatic heterocycles. The largest absolute Gasteiger partial charge is 0.396 e. The minimum Gasteiger partial charge on any atom is -0.396 e. The van der Waals surface area contributed by atoms with Crippen molar-refractivity contribution in [3.8, 4) is 0 Å². The highest BCUT2D eigenvalue weighted by molar-refractivity contribution is 7.99. The molecule has 0 unspecified atom stereocenters. The summed E-state index contributed by atoms with van der Waals surface area (Å²) in [5.74, 6) is 2.82. The zero-order valence-electron chi connectivity index (χ0n) is 8.50. The number of hydrogen-bond donors (Lipinski definition) is 2. The maximum Gasteiger partial charge on any atom is 0.220 e. The van der Waals surface area contributed by atoms with Crippen molar-refractivity contribution in [2.75, 3.05) is 24.7 Å². The average Bonchev–Trinajstić information content (AvgIpc) is 2.95. The molecule has 2 N–H and O–H groups in total. The van der Waals surface area contributed by atoms with Gasteiger partial charge in [-0.05, 0) is 30.9 Å². The van der Waals surface area contributed by atoms with Crippen molar-refractivity contribution in [3.05, 3.63) is 0 Å². The van der Waals surface area contributed by atoms with Gasteiger partial charge in [0.2, 0.25) is 5.91 Å². The molecule has 0 saturated heterocycles. The highest BCUT2D eigenvalue weighted by Crippen LogP contribution is 2.31. The Balaban J connectivity index is 1.80. The van der Waals surface area contributed by atoms with Gasteiger partial charge >= 0.3 is 0 Å². The molecule has 1 amide bonds. The van der Waals surface area contributed by atoms with Crippen molar-refractivity contribution < 1.29 is 9.90 Å². The van der Waals surface area contributed by atoms with Crippen molar-refractivity contribution in [1.29, 1.82) is 0 Å². The second kappa shape index (κ2) is 7.12. The quantitative estimate of drug-likeness (QED) is 0.597. The maximum atomic E-state index is 11.2. The normalized spacial score (nSPS) is 15.5. The van der Waals surface area contributed by atoms with Crippen LogP contribution in [0, 0.1) is 5.92 Å². The number of carbonyl (C=O) groups is 1. The van der Waals surface area contributed by atoms with Gasteiger partial charge in [-0.1, -0.05) is 0 Å². The number of aliphatic hydroxyl groups excluding tert-OH is 1. The third kappa shape index (κ3) is 6.27. The minimum absolute atomic E-state index is 0.204. The van der Waals surface area contributed by atoms with Gasteiger partial charge in [0.15, 0.2) is 0 Å². The lowest BCUT2D eigenvalue weighted by molar-refractivity contribution is -0.121. The summed E-state index contributed by atoms with van der Waals surface area (Å²) in [5, 5.41) is 11.4. The van der Waals surface area contributed by atoms with E-state index in [0.29, 0.717) is 5.92 Å². The highest BCUT2D eigenvalue weighted by Gasteiger charge is 2.23. The molecule has 0 spiro atoms. The highest BCUT2D eigenvalue weighted by atomic mass is 32.2. The van der Waals surface area contributed by atoms with Crippen molar-refractivity contribution in [2.24, 2.45) is 5.92 Å². The van der Waals surface area contributed by atoms with Crippen LogP contribution in [0.5, 0.6) is 0 Å². The molecular weight excluding hydrogens is 198 g/mol. The van der Waals surface area contributed by atoms with Gasteiger partial charge in [0, 0.05) is 25.3 Å². The summed E-state index contributed by atoms with van der Waals surface area (Å²) in [6, 6.07) is 0. The van der Waals surface area contributed by atoms with Crippen LogP contribution in [0.1, 0.15) is 25.7 Å². The Morgan fingerprint density at radius 3 is 2.86 bits per heavy atom. The van der Waals surface area contributed by atoms with Crippen LogP contribution in [-0.2, 0) is 4.79 Å². The van der Waals surface area contributed by atoms with Crippen LogP contribution in [-0.4, -0.2) is 35.7 Å². The van der Waals surface area contributed by atoms with E-state index >= 15 is 0 Å². The van der Waals surface area contributed by atoms with E-state index in [9.17, 15) is 4.79 Å². The van der Waals surface area contributed by atoms with E-state index < -0.39 is 0 Å². The molecule has 1 saturated carbocycles. The Bertz CT molecular complexity index is 172. The summed E-state index contributed by atoms with van der Waals surface area (Å²) in [7, 11) is 0. The van der Waals surface area contributed by atoms with Gasteiger partial charge in [0.05, 0.1) is 0 Å². The van der Waals surface area contributed by atoms with Crippen LogP contribution in [0.25, 0.3) is 0 Å². The number of carbonyl (C=O) groups excluding carboxylic acids is 1. The molecule has 82 valence electrons. The van der Waals surface area contributed by atoms with Crippen LogP contribution in [0.15, 0.2) is 0 Å². The van der Waals surface area contributed by atoms with Gasteiger partial charge in [0.25, 0.3) is 0 Å². The van der Waals surface area contributed by atoms with E-state index in [1.807, 2.05) is 0 Å². The average molecular weight is 217 g/mol. The predicted octanol–water partition coefficient (Wildman–Crippen LogP) is 1.02. The van der Waals surface area contributed by atoms with Crippen molar-refractivity contribution in [1.82, 2.24) is 5.32 Å². The van der Waals surface area contributed by atoms with Crippen LogP contribution < -0.4 is 5.32 Å². The van der Waals surface area contributed by atoms with Crippen LogP contribution >= 0.6 is 11.8 Å². The molecule has 1 fully saturated rings. The summed E-state index contributed by atoms with van der Waals surface area (Å²) in [5.41, 5.74) is 0. The number of rotatable bonds is 8. The zero-order valence-corrected chi connectivity index (χ0v) is 9.31. The van der Waals surface area contributed by atoms with Crippen LogP contribution in [0.4, 0.5) is 0 Å². The molecule has 0 aromatic rings. The molecule has 4 heteroatoms. The number of amides is 1. The molecule has 0 aromatic carbocycles. The van der Waals surface area contributed by atoms with E-state index in [4.69, 9.17) is 5.11 Å². The van der Waals surface area contributed by atoms with Crippen molar-refractivity contribution in [3.63, 3.8) is 0 Å². The summed E-state index contributed by atoms with van der Waals surface area (Å²) in [6.07, 6.45) is 4.04. The van der Waals surface area contributed by atoms with Crippen LogP contribution in [0.3, 0.4) is 0 Å². The van der Waals surface area contributed by atoms with Gasteiger partial charge in [-0.3, -0.25) is 4.79 Å². The number of aliphatic hydroxyl groups is 1. The SMILES string of the molecule is O=C(CC1CC1)NCCSCCCO. The predicted molar refractivity (Wildman–Crippen MR) is 59.4 cm³/mol. The van der Waals surface area contributed by atoms with Gasteiger partial charge in [0.1, 0.15) is 0 Å². The molecule has 3 nitrogen and oxygen atoms in total. The Kier molecular flexibility index (Phi) is 6.03. The lowest BCUT2D eigenvalue weighted by Crippen LogP contribution is -2.25. The summed E-state index contributed by atoms with van der Waals surface area (Å²) in [4.78, 5) is 11.2. The molecule has 1 aliphatic rings. The molecule has 1 aliphatic carbocycles. The number of hydrogen-bond acceptors (Lipinski definition) is 3. The third-order valence-corrected chi connectivity index (χ3v) is 3.26. The van der Waals surface area contributed by atoms with E-state index in [1.54, 1.807) is 11.8 Å². The molecule has 0 bridgehead atoms. The fraction of sp³-hybridized carbons (Fsp3) is 0.900. The molecule has 0 atom stereocenters. The second-order valence-corrected chi connectivity index (χ2v) is 4.91. The third-order valence-electron chi connectivity index (χ3n) is 2.19. The smallest absolute Gasteiger partial charge is 0.220 e. The van der Waals surface area contributed by atoms with Crippen molar-refractivity contribution in [2.45, 2.75) is 25.7 Å². The van der Waals surface area contributed by atoms with E-state index in [0.717, 1.165) is 30.9 Å². The summed E-state index contributed by atoms with van der Waals surface area (Å²) < 4.78 is 0. The van der Waals surface area contributed by atoms with E-state index in [2.05, 4.69) is 5.32 Å². The molecule has 14 heavy (non-hydrogen) atoms. The lowest BCUT2D eigenvalue weighted by Gasteiger charge is -2.03. The number of thioether (sulfide) groups is 1. The fourth-order valence-electron chi connectivity index (χ4n) is 1.19. The zero-order chi connectivity index (χ0) is 10.2. The fourth-order valence-corrected chi connectivity index (χ4v) is 1.97. The van der Waals surface area contributed by atoms with Gasteiger partial charge in [-0.25, -0.2) is 0 Å². The van der Waals surface area contributed by atoms with E-state index in [-0.39, 0.29) is 12.5 Å². The molecule has 0 heterocycles. The first-order valence-corrected chi connectivity index (χ1v) is 6.43. The second-order valence-electron chi connectivity index (χ2n) is 3.69. The first-order valence-electron chi connectivity index (χ1n) is 5.28. The van der Waals surface area contributed by atoms with Crippen LogP contribution in [0.2, 0.25) is 0 Å². The standard InChI is InChI=1S/C10H19NO2S/c12-5-1-6-14-7-4-11-10(13)8-9-2-3-9/h9,12H,1-8H2,(H,11,13). The van der Waals surface area contributed by atoms with E-state index in [1.165, 1.54) is 12.8 Å². The lowest BCUT2D eigenvalue weighted by atomic mass is 10.3. The summed E-state index contributed by atoms with van der Waals surface area (Å²) >= 11 is 1.78. The van der Waals surface area contributed by atoms with Crippen molar-refractivity contribution >= 4 is 17.7 Å². The Hall–Kier alpha value is -0.220. The monoisotopic (exact) mass is 217 g/mol. The Labute approximate surface area is 89.6 Å². The van der Waals surface area contributed by atoms with Gasteiger partial charge < -0.3 is 10.4 Å². The van der Waals surface area contributed by atoms with Gasteiger partial charge in [-0.15, -0.1) is 0 Å². The minimum atomic E-state index is 0.204. The molecule has 0 aliphatic heterocycles. The molecule has 1 rings (SSSR count). The summed E-state index contributed by atoms with van der Waals surface area (Å²) in [6.45, 7) is 1.03. The van der Waals surface area contributed by atoms with Gasteiger partial charge in [-0.2, -0.15) is 11.8 Å².